The van der Waals surface area contributed by atoms with Crippen LogP contribution in [0.5, 0.6) is 0 Å². The summed E-state index contributed by atoms with van der Waals surface area (Å²) in [5, 5.41) is 15.5. The van der Waals surface area contributed by atoms with Gasteiger partial charge in [-0.25, -0.2) is 4.79 Å². The molecule has 1 saturated heterocycles. The zero-order valence-corrected chi connectivity index (χ0v) is 23.1. The van der Waals surface area contributed by atoms with Crippen LogP contribution < -0.4 is 10.6 Å². The van der Waals surface area contributed by atoms with Crippen LogP contribution in [0.3, 0.4) is 0 Å². The lowest BCUT2D eigenvalue weighted by atomic mass is 9.77. The standard InChI is InChI=1S/C29H33Cl2N3O5/c30-21-16-20(17-22(31)18-21)26(36)32-23(27(37)34-14-12-29(13-15-34)10-4-5-11-29)8-9-24(35)33-25(28(38)39)19-6-2-1-3-7-19/h1-3,6-7,16-18,23,25H,4-5,8-15H2,(H,32,36)(H,33,35)(H,38,39)/t23-,25?/m1/s1. The third-order valence-electron chi connectivity index (χ3n) is 7.87. The lowest BCUT2D eigenvalue weighted by Gasteiger charge is -2.40. The lowest BCUT2D eigenvalue weighted by Crippen LogP contribution is -2.52. The number of nitrogens with zero attached hydrogens (tertiary/aromatic N) is 1. The molecule has 3 N–H and O–H groups in total. The van der Waals surface area contributed by atoms with E-state index in [1.807, 2.05) is 0 Å². The molecule has 39 heavy (non-hydrogen) atoms. The zero-order chi connectivity index (χ0) is 28.0. The van der Waals surface area contributed by atoms with Crippen LogP contribution in [-0.4, -0.2) is 52.8 Å². The van der Waals surface area contributed by atoms with Crippen molar-refractivity contribution in [3.05, 3.63) is 69.7 Å². The minimum atomic E-state index is -1.22. The van der Waals surface area contributed by atoms with Crippen LogP contribution in [0.15, 0.2) is 48.5 Å². The molecule has 4 rings (SSSR count). The second-order valence-corrected chi connectivity index (χ2v) is 11.4. The number of carboxylic acid groups (broad SMARTS) is 1. The number of carboxylic acids is 1. The molecule has 2 aromatic rings. The second-order valence-electron chi connectivity index (χ2n) is 10.5. The summed E-state index contributed by atoms with van der Waals surface area (Å²) in [6.45, 7) is 1.21. The molecule has 1 spiro atoms. The highest BCUT2D eigenvalue weighted by Crippen LogP contribution is 2.46. The molecule has 1 aliphatic carbocycles. The molecule has 0 aromatic heterocycles. The number of amides is 3. The fourth-order valence-corrected chi connectivity index (χ4v) is 6.20. The number of nitrogens with one attached hydrogen (secondary N) is 2. The van der Waals surface area contributed by atoms with E-state index in [9.17, 15) is 24.3 Å². The average molecular weight is 575 g/mol. The van der Waals surface area contributed by atoms with Gasteiger partial charge in [0.15, 0.2) is 6.04 Å². The number of hydrogen-bond donors (Lipinski definition) is 3. The molecule has 3 amide bonds. The Hall–Kier alpha value is -3.10. The van der Waals surface area contributed by atoms with E-state index < -0.39 is 29.9 Å². The van der Waals surface area contributed by atoms with E-state index in [0.29, 0.717) is 24.1 Å². The van der Waals surface area contributed by atoms with Crippen molar-refractivity contribution < 1.29 is 24.3 Å². The summed E-state index contributed by atoms with van der Waals surface area (Å²) in [6, 6.07) is 10.6. The quantitative estimate of drug-likeness (QED) is 0.390. The summed E-state index contributed by atoms with van der Waals surface area (Å²) in [7, 11) is 0. The molecule has 1 heterocycles. The molecule has 0 radical (unpaired) electrons. The SMILES string of the molecule is O=C(CC[C@@H](NC(=O)c1cc(Cl)cc(Cl)c1)C(=O)N1CCC2(CCCC2)CC1)NC(C(=O)O)c1ccccc1. The zero-order valence-electron chi connectivity index (χ0n) is 21.6. The van der Waals surface area contributed by atoms with E-state index in [0.717, 1.165) is 12.8 Å². The van der Waals surface area contributed by atoms with E-state index in [4.69, 9.17) is 23.2 Å². The Morgan fingerprint density at radius 2 is 1.51 bits per heavy atom. The van der Waals surface area contributed by atoms with E-state index in [-0.39, 0.29) is 34.4 Å². The van der Waals surface area contributed by atoms with E-state index in [1.54, 1.807) is 35.2 Å². The van der Waals surface area contributed by atoms with Gasteiger partial charge in [-0.2, -0.15) is 0 Å². The molecule has 10 heteroatoms. The van der Waals surface area contributed by atoms with Crippen molar-refractivity contribution in [3.8, 4) is 0 Å². The molecule has 2 aliphatic rings. The molecule has 1 aliphatic heterocycles. The average Bonchev–Trinajstić information content (AvgIpc) is 3.37. The Kier molecular flexibility index (Phi) is 9.51. The van der Waals surface area contributed by atoms with Crippen LogP contribution in [0.1, 0.15) is 73.3 Å². The molecular weight excluding hydrogens is 541 g/mol. The summed E-state index contributed by atoms with van der Waals surface area (Å²) >= 11 is 12.1. The monoisotopic (exact) mass is 573 g/mol. The van der Waals surface area contributed by atoms with Crippen molar-refractivity contribution >= 4 is 46.9 Å². The first kappa shape index (κ1) is 28.9. The van der Waals surface area contributed by atoms with Gasteiger partial charge in [-0.15, -0.1) is 0 Å². The maximum absolute atomic E-state index is 13.6. The molecule has 2 atom stereocenters. The lowest BCUT2D eigenvalue weighted by molar-refractivity contribution is -0.142. The van der Waals surface area contributed by atoms with Crippen LogP contribution >= 0.6 is 23.2 Å². The third-order valence-corrected chi connectivity index (χ3v) is 8.31. The van der Waals surface area contributed by atoms with Gasteiger partial charge in [0.05, 0.1) is 0 Å². The number of likely N-dealkylation sites (tertiary alicyclic amines) is 1. The Morgan fingerprint density at radius 1 is 0.897 bits per heavy atom. The number of rotatable bonds is 9. The number of carbonyl (C=O) groups is 4. The number of aliphatic carboxylic acids is 1. The van der Waals surface area contributed by atoms with Crippen LogP contribution in [0, 0.1) is 5.41 Å². The topological polar surface area (TPSA) is 116 Å². The van der Waals surface area contributed by atoms with Gasteiger partial charge in [0.1, 0.15) is 6.04 Å². The van der Waals surface area contributed by atoms with Gasteiger partial charge in [0.2, 0.25) is 11.8 Å². The normalized spacial score (nSPS) is 17.8. The first-order valence-corrected chi connectivity index (χ1v) is 14.0. The predicted octanol–water partition coefficient (Wildman–Crippen LogP) is 5.00. The third kappa shape index (κ3) is 7.51. The van der Waals surface area contributed by atoms with Gasteiger partial charge in [0, 0.05) is 35.1 Å². The number of piperidine rings is 1. The van der Waals surface area contributed by atoms with Gasteiger partial charge in [0.25, 0.3) is 5.91 Å². The Bertz CT molecular complexity index is 1190. The summed E-state index contributed by atoms with van der Waals surface area (Å²) in [5.41, 5.74) is 0.954. The number of hydrogen-bond acceptors (Lipinski definition) is 4. The van der Waals surface area contributed by atoms with Crippen molar-refractivity contribution in [2.75, 3.05) is 13.1 Å². The van der Waals surface area contributed by atoms with Crippen molar-refractivity contribution in [1.29, 1.82) is 0 Å². The second kappa shape index (κ2) is 12.8. The van der Waals surface area contributed by atoms with Gasteiger partial charge in [-0.3, -0.25) is 14.4 Å². The number of benzene rings is 2. The smallest absolute Gasteiger partial charge is 0.330 e. The van der Waals surface area contributed by atoms with Crippen molar-refractivity contribution in [2.24, 2.45) is 5.41 Å². The van der Waals surface area contributed by atoms with Crippen molar-refractivity contribution in [1.82, 2.24) is 15.5 Å². The molecule has 208 valence electrons. The highest BCUT2D eigenvalue weighted by atomic mass is 35.5. The minimum absolute atomic E-state index is 0.00742. The molecule has 2 fully saturated rings. The predicted molar refractivity (Wildman–Crippen MR) is 149 cm³/mol. The van der Waals surface area contributed by atoms with Crippen LogP contribution in [0.2, 0.25) is 10.0 Å². The largest absolute Gasteiger partial charge is 0.479 e. The highest BCUT2D eigenvalue weighted by Gasteiger charge is 2.39. The fourth-order valence-electron chi connectivity index (χ4n) is 5.67. The maximum Gasteiger partial charge on any atom is 0.330 e. The first-order valence-electron chi connectivity index (χ1n) is 13.3. The van der Waals surface area contributed by atoms with Gasteiger partial charge < -0.3 is 20.6 Å². The maximum atomic E-state index is 13.6. The highest BCUT2D eigenvalue weighted by molar-refractivity contribution is 6.35. The minimum Gasteiger partial charge on any atom is -0.479 e. The Labute approximate surface area is 238 Å². The molecule has 8 nitrogen and oxygen atoms in total. The first-order chi connectivity index (χ1) is 18.7. The number of carbonyl (C=O) groups excluding carboxylic acids is 3. The molecular formula is C29H33Cl2N3O5. The van der Waals surface area contributed by atoms with Gasteiger partial charge in [-0.1, -0.05) is 66.4 Å². The summed E-state index contributed by atoms with van der Waals surface area (Å²) in [6.07, 6.45) is 6.56. The fraction of sp³-hybridized carbons (Fsp3) is 0.448. The van der Waals surface area contributed by atoms with E-state index >= 15 is 0 Å². The molecule has 1 unspecified atom stereocenters. The molecule has 1 saturated carbocycles. The van der Waals surface area contributed by atoms with Gasteiger partial charge in [-0.05, 0) is 61.3 Å². The summed E-state index contributed by atoms with van der Waals surface area (Å²) < 4.78 is 0. The molecule has 0 bridgehead atoms. The Balaban J connectivity index is 1.45. The number of halogens is 2. The van der Waals surface area contributed by atoms with Crippen LogP contribution in [0.4, 0.5) is 0 Å². The summed E-state index contributed by atoms with van der Waals surface area (Å²) in [5.74, 6) is -2.51. The molecule has 2 aromatic carbocycles. The van der Waals surface area contributed by atoms with E-state index in [2.05, 4.69) is 10.6 Å². The van der Waals surface area contributed by atoms with Crippen molar-refractivity contribution in [2.45, 2.75) is 63.5 Å². The van der Waals surface area contributed by atoms with E-state index in [1.165, 1.54) is 43.9 Å². The Morgan fingerprint density at radius 3 is 2.10 bits per heavy atom. The van der Waals surface area contributed by atoms with Gasteiger partial charge >= 0.3 is 5.97 Å². The van der Waals surface area contributed by atoms with Crippen LogP contribution in [0.25, 0.3) is 0 Å². The van der Waals surface area contributed by atoms with Crippen molar-refractivity contribution in [3.63, 3.8) is 0 Å². The van der Waals surface area contributed by atoms with Crippen LogP contribution in [-0.2, 0) is 14.4 Å². The summed E-state index contributed by atoms with van der Waals surface area (Å²) in [4.78, 5) is 53.0.